The maximum absolute atomic E-state index is 12.0. The van der Waals surface area contributed by atoms with Gasteiger partial charge in [0.25, 0.3) is 5.91 Å². The Kier molecular flexibility index (Phi) is 4.68. The molecular formula is C14H15Cl2N3O. The molecule has 0 atom stereocenters. The van der Waals surface area contributed by atoms with Gasteiger partial charge in [0.1, 0.15) is 0 Å². The summed E-state index contributed by atoms with van der Waals surface area (Å²) in [6.07, 6.45) is 2.36. The van der Waals surface area contributed by atoms with E-state index in [9.17, 15) is 4.79 Å². The zero-order valence-corrected chi connectivity index (χ0v) is 12.8. The van der Waals surface area contributed by atoms with Gasteiger partial charge in [0, 0.05) is 29.8 Å². The predicted octanol–water partition coefficient (Wildman–Crippen LogP) is 3.01. The van der Waals surface area contributed by atoms with E-state index >= 15 is 0 Å². The summed E-state index contributed by atoms with van der Waals surface area (Å²) in [5.41, 5.74) is 2.27. The second kappa shape index (κ2) is 6.29. The lowest BCUT2D eigenvalue weighted by Crippen LogP contribution is -2.26. The highest BCUT2D eigenvalue weighted by Gasteiger charge is 2.12. The van der Waals surface area contributed by atoms with Crippen LogP contribution in [0.5, 0.6) is 0 Å². The Bertz CT molecular complexity index is 637. The third-order valence-corrected chi connectivity index (χ3v) is 3.54. The highest BCUT2D eigenvalue weighted by Crippen LogP contribution is 2.21. The summed E-state index contributed by atoms with van der Waals surface area (Å²) >= 11 is 11.9. The highest BCUT2D eigenvalue weighted by molar-refractivity contribution is 6.35. The van der Waals surface area contributed by atoms with Crippen LogP contribution in [0.4, 0.5) is 0 Å². The first-order valence-corrected chi connectivity index (χ1v) is 6.95. The molecule has 2 aromatic rings. The van der Waals surface area contributed by atoms with Crippen LogP contribution in [0.15, 0.2) is 24.4 Å². The molecule has 0 saturated heterocycles. The molecule has 0 unspecified atom stereocenters. The van der Waals surface area contributed by atoms with Gasteiger partial charge in [-0.05, 0) is 31.0 Å². The van der Waals surface area contributed by atoms with Crippen LogP contribution < -0.4 is 5.32 Å². The van der Waals surface area contributed by atoms with E-state index in [4.69, 9.17) is 23.2 Å². The molecule has 1 amide bonds. The molecule has 0 saturated carbocycles. The van der Waals surface area contributed by atoms with Crippen LogP contribution in [0.25, 0.3) is 0 Å². The molecule has 0 fully saturated rings. The average Bonchev–Trinajstić information content (AvgIpc) is 2.71. The van der Waals surface area contributed by atoms with Crippen LogP contribution in [0.3, 0.4) is 0 Å². The van der Waals surface area contributed by atoms with Gasteiger partial charge < -0.3 is 5.32 Å². The number of rotatable bonds is 4. The van der Waals surface area contributed by atoms with Crippen LogP contribution in [-0.2, 0) is 13.5 Å². The van der Waals surface area contributed by atoms with Crippen molar-refractivity contribution in [3.8, 4) is 0 Å². The summed E-state index contributed by atoms with van der Waals surface area (Å²) in [5, 5.41) is 8.22. The Balaban J connectivity index is 1.93. The highest BCUT2D eigenvalue weighted by atomic mass is 35.5. The van der Waals surface area contributed by atoms with E-state index in [0.717, 1.165) is 11.3 Å². The number of benzene rings is 1. The van der Waals surface area contributed by atoms with Gasteiger partial charge in [-0.1, -0.05) is 29.3 Å². The molecule has 1 heterocycles. The zero-order valence-electron chi connectivity index (χ0n) is 11.3. The predicted molar refractivity (Wildman–Crippen MR) is 80.4 cm³/mol. The number of amides is 1. The molecule has 0 aliphatic carbocycles. The third-order valence-electron chi connectivity index (χ3n) is 2.95. The molecule has 0 radical (unpaired) electrons. The molecule has 2 rings (SSSR count). The third kappa shape index (κ3) is 3.52. The van der Waals surface area contributed by atoms with Gasteiger partial charge in [0.05, 0.1) is 11.3 Å². The van der Waals surface area contributed by atoms with Gasteiger partial charge in [-0.3, -0.25) is 9.48 Å². The number of hydrogen-bond acceptors (Lipinski definition) is 2. The minimum absolute atomic E-state index is 0.124. The molecule has 1 aromatic heterocycles. The van der Waals surface area contributed by atoms with Crippen molar-refractivity contribution in [2.24, 2.45) is 7.05 Å². The molecule has 0 spiro atoms. The van der Waals surface area contributed by atoms with Crippen LogP contribution >= 0.6 is 23.2 Å². The molecule has 0 bridgehead atoms. The number of nitrogens with one attached hydrogen (secondary N) is 1. The van der Waals surface area contributed by atoms with E-state index in [-0.39, 0.29) is 5.91 Å². The number of hydrogen-bond donors (Lipinski definition) is 1. The van der Waals surface area contributed by atoms with Crippen molar-refractivity contribution in [2.45, 2.75) is 13.3 Å². The minimum atomic E-state index is -0.124. The van der Waals surface area contributed by atoms with Crippen molar-refractivity contribution < 1.29 is 4.79 Å². The number of carbonyl (C=O) groups excluding carboxylic acids is 1. The maximum atomic E-state index is 12.0. The summed E-state index contributed by atoms with van der Waals surface area (Å²) in [6, 6.07) is 5.35. The molecule has 1 N–H and O–H groups in total. The maximum Gasteiger partial charge on any atom is 0.254 e. The fourth-order valence-corrected chi connectivity index (χ4v) is 2.46. The van der Waals surface area contributed by atoms with Crippen LogP contribution in [-0.4, -0.2) is 22.2 Å². The Labute approximate surface area is 127 Å². The first-order chi connectivity index (χ1) is 9.47. The molecule has 1 aromatic carbocycles. The van der Waals surface area contributed by atoms with Crippen molar-refractivity contribution >= 4 is 29.1 Å². The second-order valence-corrected chi connectivity index (χ2v) is 5.39. The van der Waals surface area contributed by atoms with Gasteiger partial charge in [0.2, 0.25) is 0 Å². The smallest absolute Gasteiger partial charge is 0.254 e. The van der Waals surface area contributed by atoms with Gasteiger partial charge in [-0.25, -0.2) is 0 Å². The van der Waals surface area contributed by atoms with Crippen LogP contribution in [0.2, 0.25) is 10.0 Å². The number of carbonyl (C=O) groups is 1. The lowest BCUT2D eigenvalue weighted by atomic mass is 10.1. The van der Waals surface area contributed by atoms with Gasteiger partial charge in [0.15, 0.2) is 0 Å². The molecule has 20 heavy (non-hydrogen) atoms. The Hall–Kier alpha value is -1.52. The normalized spacial score (nSPS) is 10.6. The van der Waals surface area contributed by atoms with Crippen LogP contribution in [0.1, 0.15) is 21.6 Å². The monoisotopic (exact) mass is 311 g/mol. The first kappa shape index (κ1) is 14.9. The average molecular weight is 312 g/mol. The van der Waals surface area contributed by atoms with Crippen molar-refractivity contribution in [1.82, 2.24) is 15.1 Å². The standard InChI is InChI=1S/C14H15Cl2N3O/c1-9-12(8-19(2)18-9)14(20)17-6-5-10-3-4-11(15)7-13(10)16/h3-4,7-8H,5-6H2,1-2H3,(H,17,20). The molecular weight excluding hydrogens is 297 g/mol. The zero-order chi connectivity index (χ0) is 14.7. The number of aryl methyl sites for hydroxylation is 2. The van der Waals surface area contributed by atoms with Gasteiger partial charge in [-0.15, -0.1) is 0 Å². The fourth-order valence-electron chi connectivity index (χ4n) is 1.95. The second-order valence-electron chi connectivity index (χ2n) is 4.54. The number of halogens is 2. The van der Waals surface area contributed by atoms with Gasteiger partial charge in [-0.2, -0.15) is 5.10 Å². The summed E-state index contributed by atoms with van der Waals surface area (Å²) in [4.78, 5) is 12.0. The quantitative estimate of drug-likeness (QED) is 0.943. The minimum Gasteiger partial charge on any atom is -0.352 e. The Morgan fingerprint density at radius 3 is 2.75 bits per heavy atom. The van der Waals surface area contributed by atoms with Crippen molar-refractivity contribution in [3.05, 3.63) is 51.3 Å². The summed E-state index contributed by atoms with van der Waals surface area (Å²) in [6.45, 7) is 2.32. The number of nitrogens with zero attached hydrogens (tertiary/aromatic N) is 2. The van der Waals surface area contributed by atoms with Gasteiger partial charge >= 0.3 is 0 Å². The van der Waals surface area contributed by atoms with E-state index in [2.05, 4.69) is 10.4 Å². The number of aromatic nitrogens is 2. The van der Waals surface area contributed by atoms with Crippen LogP contribution in [0, 0.1) is 6.92 Å². The summed E-state index contributed by atoms with van der Waals surface area (Å²) in [7, 11) is 1.79. The van der Waals surface area contributed by atoms with E-state index in [1.807, 2.05) is 13.0 Å². The topological polar surface area (TPSA) is 46.9 Å². The Morgan fingerprint density at radius 2 is 2.15 bits per heavy atom. The molecule has 6 heteroatoms. The lowest BCUT2D eigenvalue weighted by molar-refractivity contribution is 0.0953. The van der Waals surface area contributed by atoms with E-state index in [1.165, 1.54) is 0 Å². The SMILES string of the molecule is Cc1nn(C)cc1C(=O)NCCc1ccc(Cl)cc1Cl. The molecule has 4 nitrogen and oxygen atoms in total. The molecule has 0 aliphatic rings. The molecule has 106 valence electrons. The molecule has 0 aliphatic heterocycles. The fraction of sp³-hybridized carbons (Fsp3) is 0.286. The van der Waals surface area contributed by atoms with E-state index in [0.29, 0.717) is 28.6 Å². The lowest BCUT2D eigenvalue weighted by Gasteiger charge is -2.06. The summed E-state index contributed by atoms with van der Waals surface area (Å²) in [5.74, 6) is -0.124. The van der Waals surface area contributed by atoms with Crippen molar-refractivity contribution in [1.29, 1.82) is 0 Å². The Morgan fingerprint density at radius 1 is 1.40 bits per heavy atom. The summed E-state index contributed by atoms with van der Waals surface area (Å²) < 4.78 is 1.63. The van der Waals surface area contributed by atoms with Crippen molar-refractivity contribution in [3.63, 3.8) is 0 Å². The van der Waals surface area contributed by atoms with Crippen molar-refractivity contribution in [2.75, 3.05) is 6.54 Å². The van der Waals surface area contributed by atoms with E-state index in [1.54, 1.807) is 30.1 Å². The van der Waals surface area contributed by atoms with E-state index < -0.39 is 0 Å². The first-order valence-electron chi connectivity index (χ1n) is 6.19. The largest absolute Gasteiger partial charge is 0.352 e.